The van der Waals surface area contributed by atoms with Crippen molar-refractivity contribution in [3.05, 3.63) is 63.6 Å². The number of hydrogen-bond donors (Lipinski definition) is 0. The predicted octanol–water partition coefficient (Wildman–Crippen LogP) is 5.11. The summed E-state index contributed by atoms with van der Waals surface area (Å²) in [5.41, 5.74) is 3.56. The zero-order valence-corrected chi connectivity index (χ0v) is 17.4. The van der Waals surface area contributed by atoms with Gasteiger partial charge in [0.05, 0.1) is 0 Å². The van der Waals surface area contributed by atoms with Crippen molar-refractivity contribution in [2.45, 2.75) is 45.7 Å². The molecule has 4 rings (SSSR count). The Bertz CT molecular complexity index is 944. The quantitative estimate of drug-likeness (QED) is 0.614. The van der Waals surface area contributed by atoms with Gasteiger partial charge in [0, 0.05) is 70.6 Å². The minimum atomic E-state index is -0.00707. The monoisotopic (exact) mass is 398 g/mol. The number of rotatable bonds is 3. The fourth-order valence-electron chi connectivity index (χ4n) is 3.20. The van der Waals surface area contributed by atoms with Crippen LogP contribution in [0.15, 0.2) is 36.7 Å². The largest absolute Gasteiger partial charge is 0.293 e. The summed E-state index contributed by atoms with van der Waals surface area (Å²) in [6, 6.07) is 7.86. The lowest BCUT2D eigenvalue weighted by Crippen LogP contribution is -2.31. The average molecular weight is 399 g/mol. The van der Waals surface area contributed by atoms with Gasteiger partial charge in [-0.1, -0.05) is 44.5 Å². The molecule has 140 valence electrons. The third kappa shape index (κ3) is 4.21. The van der Waals surface area contributed by atoms with Crippen LogP contribution in [0.3, 0.4) is 0 Å². The second kappa shape index (κ2) is 7.30. The van der Waals surface area contributed by atoms with Crippen molar-refractivity contribution in [1.82, 2.24) is 19.9 Å². The molecule has 0 bridgehead atoms. The van der Waals surface area contributed by atoms with E-state index in [-0.39, 0.29) is 5.41 Å². The minimum Gasteiger partial charge on any atom is -0.293 e. The Morgan fingerprint density at radius 3 is 2.63 bits per heavy atom. The molecule has 0 fully saturated rings. The van der Waals surface area contributed by atoms with Crippen molar-refractivity contribution in [3.63, 3.8) is 0 Å². The molecule has 4 nitrogen and oxygen atoms in total. The van der Waals surface area contributed by atoms with E-state index < -0.39 is 0 Å². The van der Waals surface area contributed by atoms with E-state index >= 15 is 0 Å². The molecule has 0 N–H and O–H groups in total. The van der Waals surface area contributed by atoms with Crippen molar-refractivity contribution in [2.75, 3.05) is 6.54 Å². The summed E-state index contributed by atoms with van der Waals surface area (Å²) in [7, 11) is 0. The van der Waals surface area contributed by atoms with Crippen LogP contribution in [0.1, 0.15) is 42.7 Å². The summed E-state index contributed by atoms with van der Waals surface area (Å²) in [5.74, 6) is 0.935. The van der Waals surface area contributed by atoms with Gasteiger partial charge in [0.25, 0.3) is 0 Å². The smallest absolute Gasteiger partial charge is 0.133 e. The van der Waals surface area contributed by atoms with Gasteiger partial charge in [-0.3, -0.25) is 4.90 Å². The van der Waals surface area contributed by atoms with E-state index in [0.29, 0.717) is 0 Å². The summed E-state index contributed by atoms with van der Waals surface area (Å²) in [6.07, 6.45) is 4.98. The van der Waals surface area contributed by atoms with E-state index in [1.807, 2.05) is 36.7 Å². The lowest BCUT2D eigenvalue weighted by atomic mass is 9.95. The molecular weight excluding hydrogens is 376 g/mol. The predicted molar refractivity (Wildman–Crippen MR) is 111 cm³/mol. The Labute approximate surface area is 169 Å². The molecule has 0 amide bonds. The molecule has 2 aromatic heterocycles. The molecule has 1 aliphatic rings. The minimum absolute atomic E-state index is 0.00707. The molecule has 3 heterocycles. The number of nitrogens with zero attached hydrogens (tertiary/aromatic N) is 4. The van der Waals surface area contributed by atoms with Crippen LogP contribution < -0.4 is 0 Å². The Morgan fingerprint density at radius 2 is 1.89 bits per heavy atom. The van der Waals surface area contributed by atoms with Crippen molar-refractivity contribution in [1.29, 1.82) is 0 Å². The van der Waals surface area contributed by atoms with Gasteiger partial charge >= 0.3 is 0 Å². The van der Waals surface area contributed by atoms with Crippen LogP contribution in [0, 0.1) is 0 Å². The summed E-state index contributed by atoms with van der Waals surface area (Å²) >= 11 is 7.72. The van der Waals surface area contributed by atoms with Crippen LogP contribution >= 0.6 is 22.9 Å². The van der Waals surface area contributed by atoms with E-state index in [1.165, 1.54) is 16.1 Å². The number of hydrogen-bond acceptors (Lipinski definition) is 5. The molecule has 0 unspecified atom stereocenters. The van der Waals surface area contributed by atoms with Gasteiger partial charge in [0.15, 0.2) is 0 Å². The summed E-state index contributed by atoms with van der Waals surface area (Å²) < 4.78 is 0. The first kappa shape index (κ1) is 18.5. The van der Waals surface area contributed by atoms with Crippen LogP contribution in [0.2, 0.25) is 5.02 Å². The summed E-state index contributed by atoms with van der Waals surface area (Å²) in [5, 5.41) is 1.79. The normalized spacial score (nSPS) is 15.0. The average Bonchev–Trinajstić information content (AvgIpc) is 3.09. The Balaban J connectivity index is 1.45. The lowest BCUT2D eigenvalue weighted by molar-refractivity contribution is 0.244. The van der Waals surface area contributed by atoms with Crippen LogP contribution in [0.4, 0.5) is 0 Å². The molecule has 1 aliphatic heterocycles. The van der Waals surface area contributed by atoms with Gasteiger partial charge in [-0.25, -0.2) is 15.0 Å². The molecule has 6 heteroatoms. The number of thiazole rings is 1. The summed E-state index contributed by atoms with van der Waals surface area (Å²) in [4.78, 5) is 17.7. The fraction of sp³-hybridized carbons (Fsp3) is 0.381. The zero-order chi connectivity index (χ0) is 19.0. The SMILES string of the molecule is CC(C)(C)c1ncc2c(n1)CCN(Cc1cnc(-c3ccc(Cl)cc3)s1)C2. The number of aromatic nitrogens is 3. The van der Waals surface area contributed by atoms with Gasteiger partial charge in [-0.05, 0) is 12.1 Å². The van der Waals surface area contributed by atoms with E-state index in [9.17, 15) is 0 Å². The highest BCUT2D eigenvalue weighted by Crippen LogP contribution is 2.28. The first-order chi connectivity index (χ1) is 12.9. The van der Waals surface area contributed by atoms with Crippen LogP contribution in [0.5, 0.6) is 0 Å². The van der Waals surface area contributed by atoms with Crippen molar-refractivity contribution < 1.29 is 0 Å². The van der Waals surface area contributed by atoms with E-state index in [4.69, 9.17) is 16.6 Å². The van der Waals surface area contributed by atoms with Gasteiger partial charge in [0.1, 0.15) is 10.8 Å². The van der Waals surface area contributed by atoms with Gasteiger partial charge in [-0.15, -0.1) is 11.3 Å². The lowest BCUT2D eigenvalue weighted by Gasteiger charge is -2.28. The third-order valence-electron chi connectivity index (χ3n) is 4.71. The molecule has 0 aliphatic carbocycles. The van der Waals surface area contributed by atoms with Crippen LogP contribution in [-0.4, -0.2) is 26.4 Å². The van der Waals surface area contributed by atoms with E-state index in [1.54, 1.807) is 11.3 Å². The topological polar surface area (TPSA) is 41.9 Å². The second-order valence-corrected chi connectivity index (χ2v) is 9.57. The molecule has 0 radical (unpaired) electrons. The molecule has 0 spiro atoms. The highest BCUT2D eigenvalue weighted by Gasteiger charge is 2.23. The Kier molecular flexibility index (Phi) is 5.01. The maximum Gasteiger partial charge on any atom is 0.133 e. The Morgan fingerprint density at radius 1 is 1.11 bits per heavy atom. The molecular formula is C21H23ClN4S. The van der Waals surface area contributed by atoms with Gasteiger partial charge < -0.3 is 0 Å². The van der Waals surface area contributed by atoms with E-state index in [2.05, 4.69) is 35.6 Å². The number of fused-ring (bicyclic) bond motifs is 1. The van der Waals surface area contributed by atoms with Crippen molar-refractivity contribution in [2.24, 2.45) is 0 Å². The maximum absolute atomic E-state index is 5.98. The van der Waals surface area contributed by atoms with Crippen LogP contribution in [-0.2, 0) is 24.9 Å². The maximum atomic E-state index is 5.98. The van der Waals surface area contributed by atoms with Gasteiger partial charge in [0.2, 0.25) is 0 Å². The van der Waals surface area contributed by atoms with Crippen LogP contribution in [0.25, 0.3) is 10.6 Å². The highest BCUT2D eigenvalue weighted by molar-refractivity contribution is 7.15. The molecule has 3 aromatic rings. The van der Waals surface area contributed by atoms with Crippen molar-refractivity contribution in [3.8, 4) is 10.6 Å². The zero-order valence-electron chi connectivity index (χ0n) is 15.9. The first-order valence-corrected chi connectivity index (χ1v) is 10.4. The number of benzene rings is 1. The molecule has 0 saturated heterocycles. The third-order valence-corrected chi connectivity index (χ3v) is 5.99. The Hall–Kier alpha value is -1.82. The highest BCUT2D eigenvalue weighted by atomic mass is 35.5. The van der Waals surface area contributed by atoms with Gasteiger partial charge in [-0.2, -0.15) is 0 Å². The molecule has 27 heavy (non-hydrogen) atoms. The fourth-order valence-corrected chi connectivity index (χ4v) is 4.28. The molecule has 0 saturated carbocycles. The van der Waals surface area contributed by atoms with E-state index in [0.717, 1.165) is 47.5 Å². The first-order valence-electron chi connectivity index (χ1n) is 9.17. The molecule has 0 atom stereocenters. The van der Waals surface area contributed by atoms with Crippen molar-refractivity contribution >= 4 is 22.9 Å². The second-order valence-electron chi connectivity index (χ2n) is 8.01. The molecule has 1 aromatic carbocycles. The standard InChI is InChI=1S/C21H23ClN4S/c1-21(2,3)20-24-10-15-12-26(9-8-18(15)25-20)13-17-11-23-19(27-17)14-4-6-16(22)7-5-14/h4-7,10-11H,8-9,12-13H2,1-3H3. The summed E-state index contributed by atoms with van der Waals surface area (Å²) in [6.45, 7) is 9.30. The number of halogens is 1.